The predicted molar refractivity (Wildman–Crippen MR) is 99.6 cm³/mol. The average molecular weight is 372 g/mol. The highest BCUT2D eigenvalue weighted by atomic mass is 32.2. The number of hydrogen-bond donors (Lipinski definition) is 0. The van der Waals surface area contributed by atoms with Crippen LogP contribution in [0.4, 0.5) is 0 Å². The van der Waals surface area contributed by atoms with Gasteiger partial charge in [0.05, 0.1) is 12.0 Å². The maximum absolute atomic E-state index is 13.0. The molecule has 0 N–H and O–H groups in total. The summed E-state index contributed by atoms with van der Waals surface area (Å²) in [5, 5.41) is 0. The molecule has 5 heteroatoms. The number of rotatable bonds is 5. The van der Waals surface area contributed by atoms with Crippen LogP contribution in [0.3, 0.4) is 0 Å². The molecule has 3 atom stereocenters. The molecule has 2 aliphatic carbocycles. The van der Waals surface area contributed by atoms with Crippen molar-refractivity contribution < 1.29 is 17.3 Å². The number of benzene rings is 2. The Morgan fingerprint density at radius 1 is 1.00 bits per heavy atom. The van der Waals surface area contributed by atoms with Crippen LogP contribution in [-0.2, 0) is 19.9 Å². The zero-order chi connectivity index (χ0) is 18.4. The van der Waals surface area contributed by atoms with Crippen molar-refractivity contribution >= 4 is 10.1 Å². The van der Waals surface area contributed by atoms with Gasteiger partial charge in [0.2, 0.25) is 0 Å². The van der Waals surface area contributed by atoms with Crippen LogP contribution in [0.25, 0.3) is 0 Å². The zero-order valence-corrected chi connectivity index (χ0v) is 16.0. The molecule has 2 saturated carbocycles. The number of hydrogen-bond acceptors (Lipinski definition) is 4. The molecule has 0 heterocycles. The van der Waals surface area contributed by atoms with Crippen LogP contribution in [0.5, 0.6) is 5.75 Å². The second-order valence-corrected chi connectivity index (χ2v) is 9.09. The highest BCUT2D eigenvalue weighted by molar-refractivity contribution is 7.86. The van der Waals surface area contributed by atoms with Gasteiger partial charge in [0.15, 0.2) is 0 Å². The molecule has 3 unspecified atom stereocenters. The van der Waals surface area contributed by atoms with Gasteiger partial charge in [-0.05, 0) is 74.3 Å². The van der Waals surface area contributed by atoms with E-state index in [1.165, 1.54) is 0 Å². The molecule has 0 radical (unpaired) electrons. The Bertz CT molecular complexity index is 887. The van der Waals surface area contributed by atoms with Gasteiger partial charge >= 0.3 is 0 Å². The lowest BCUT2D eigenvalue weighted by Gasteiger charge is -2.37. The summed E-state index contributed by atoms with van der Waals surface area (Å²) in [6, 6.07) is 14.5. The van der Waals surface area contributed by atoms with E-state index >= 15 is 0 Å². The Morgan fingerprint density at radius 2 is 1.69 bits per heavy atom. The highest BCUT2D eigenvalue weighted by Crippen LogP contribution is 2.58. The van der Waals surface area contributed by atoms with Gasteiger partial charge in [-0.15, -0.1) is 0 Å². The van der Waals surface area contributed by atoms with Gasteiger partial charge in [-0.2, -0.15) is 8.42 Å². The standard InChI is InChI=1S/C21H24O4S/c1-15-3-11-20(12-4-15)26(22,23)25-21(14-16-5-6-18(21)13-16)17-7-9-19(24-2)10-8-17/h3-4,7-12,16,18H,5-6,13-14H2,1-2H3. The molecular formula is C21H24O4S. The Kier molecular flexibility index (Phi) is 4.32. The zero-order valence-electron chi connectivity index (χ0n) is 15.1. The van der Waals surface area contributed by atoms with Crippen molar-refractivity contribution in [3.63, 3.8) is 0 Å². The third-order valence-electron chi connectivity index (χ3n) is 5.94. The summed E-state index contributed by atoms with van der Waals surface area (Å²) in [5.41, 5.74) is 1.19. The molecule has 0 aromatic heterocycles. The van der Waals surface area contributed by atoms with E-state index in [2.05, 4.69) is 0 Å². The highest BCUT2D eigenvalue weighted by Gasteiger charge is 2.55. The van der Waals surface area contributed by atoms with Crippen LogP contribution in [-0.4, -0.2) is 15.5 Å². The predicted octanol–water partition coefficient (Wildman–Crippen LogP) is 4.42. The van der Waals surface area contributed by atoms with Crippen LogP contribution in [0.1, 0.15) is 36.8 Å². The fraction of sp³-hybridized carbons (Fsp3) is 0.429. The first-order valence-electron chi connectivity index (χ1n) is 9.10. The third-order valence-corrected chi connectivity index (χ3v) is 7.31. The van der Waals surface area contributed by atoms with E-state index in [0.717, 1.165) is 42.6 Å². The van der Waals surface area contributed by atoms with Crippen molar-refractivity contribution in [2.24, 2.45) is 11.8 Å². The van der Waals surface area contributed by atoms with Gasteiger partial charge in [0.1, 0.15) is 11.4 Å². The fourth-order valence-corrected chi connectivity index (χ4v) is 5.86. The van der Waals surface area contributed by atoms with Gasteiger partial charge in [0.25, 0.3) is 10.1 Å². The fourth-order valence-electron chi connectivity index (χ4n) is 4.61. The maximum Gasteiger partial charge on any atom is 0.297 e. The van der Waals surface area contributed by atoms with Crippen LogP contribution in [0.15, 0.2) is 53.4 Å². The summed E-state index contributed by atoms with van der Waals surface area (Å²) in [5.74, 6) is 1.53. The summed E-state index contributed by atoms with van der Waals surface area (Å²) in [7, 11) is -2.21. The minimum atomic E-state index is -3.84. The quantitative estimate of drug-likeness (QED) is 0.729. The van der Waals surface area contributed by atoms with E-state index in [4.69, 9.17) is 8.92 Å². The first-order valence-corrected chi connectivity index (χ1v) is 10.5. The van der Waals surface area contributed by atoms with Gasteiger partial charge in [-0.1, -0.05) is 29.8 Å². The molecule has 0 saturated heterocycles. The number of methoxy groups -OCH3 is 1. The summed E-state index contributed by atoms with van der Waals surface area (Å²) in [6.07, 6.45) is 3.97. The van der Waals surface area contributed by atoms with Gasteiger partial charge < -0.3 is 4.74 Å². The monoisotopic (exact) mass is 372 g/mol. The molecule has 0 amide bonds. The van der Waals surface area contributed by atoms with Crippen LogP contribution >= 0.6 is 0 Å². The molecule has 4 nitrogen and oxygen atoms in total. The lowest BCUT2D eigenvalue weighted by molar-refractivity contribution is 0.0152. The molecule has 2 aromatic rings. The lowest BCUT2D eigenvalue weighted by atomic mass is 9.79. The van der Waals surface area contributed by atoms with Crippen molar-refractivity contribution in [3.8, 4) is 5.75 Å². The minimum Gasteiger partial charge on any atom is -0.497 e. The first-order chi connectivity index (χ1) is 12.4. The van der Waals surface area contributed by atoms with E-state index in [0.29, 0.717) is 5.92 Å². The van der Waals surface area contributed by atoms with Crippen molar-refractivity contribution in [1.82, 2.24) is 0 Å². The van der Waals surface area contributed by atoms with Crippen molar-refractivity contribution in [1.29, 1.82) is 0 Å². The SMILES string of the molecule is COc1ccc(C2(OS(=O)(=O)c3ccc(C)cc3)CC3CCC2C3)cc1. The Morgan fingerprint density at radius 3 is 2.23 bits per heavy atom. The van der Waals surface area contributed by atoms with E-state index in [9.17, 15) is 8.42 Å². The van der Waals surface area contributed by atoms with Crippen LogP contribution < -0.4 is 4.74 Å². The molecule has 2 bridgehead atoms. The molecule has 138 valence electrons. The number of aryl methyl sites for hydroxylation is 1. The summed E-state index contributed by atoms with van der Waals surface area (Å²) in [4.78, 5) is 0.221. The van der Waals surface area contributed by atoms with Crippen LogP contribution in [0, 0.1) is 18.8 Å². The summed E-state index contributed by atoms with van der Waals surface area (Å²) >= 11 is 0. The van der Waals surface area contributed by atoms with Crippen molar-refractivity contribution in [2.45, 2.75) is 43.1 Å². The van der Waals surface area contributed by atoms with Crippen LogP contribution in [0.2, 0.25) is 0 Å². The molecule has 2 aromatic carbocycles. The number of ether oxygens (including phenoxy) is 1. The van der Waals surface area contributed by atoms with Gasteiger partial charge in [-0.3, -0.25) is 4.18 Å². The molecule has 0 aliphatic heterocycles. The van der Waals surface area contributed by atoms with Gasteiger partial charge in [0, 0.05) is 0 Å². The Hall–Kier alpha value is -1.85. The van der Waals surface area contributed by atoms with Crippen molar-refractivity contribution in [2.75, 3.05) is 7.11 Å². The second-order valence-electron chi connectivity index (χ2n) is 7.55. The normalized spacial score (nSPS) is 27.6. The first kappa shape index (κ1) is 17.6. The van der Waals surface area contributed by atoms with E-state index in [-0.39, 0.29) is 10.8 Å². The molecular weight excluding hydrogens is 348 g/mol. The molecule has 4 rings (SSSR count). The third kappa shape index (κ3) is 2.93. The summed E-state index contributed by atoms with van der Waals surface area (Å²) < 4.78 is 37.3. The topological polar surface area (TPSA) is 52.6 Å². The smallest absolute Gasteiger partial charge is 0.297 e. The number of fused-ring (bicyclic) bond motifs is 2. The minimum absolute atomic E-state index is 0.221. The van der Waals surface area contributed by atoms with E-state index in [1.807, 2.05) is 31.2 Å². The lowest BCUT2D eigenvalue weighted by Crippen LogP contribution is -2.37. The second kappa shape index (κ2) is 6.39. The summed E-state index contributed by atoms with van der Waals surface area (Å²) in [6.45, 7) is 1.94. The molecule has 0 spiro atoms. The molecule has 2 fully saturated rings. The average Bonchev–Trinajstić information content (AvgIpc) is 3.23. The van der Waals surface area contributed by atoms with Crippen molar-refractivity contribution in [3.05, 3.63) is 59.7 Å². The maximum atomic E-state index is 13.0. The van der Waals surface area contributed by atoms with E-state index < -0.39 is 15.7 Å². The Balaban J connectivity index is 1.73. The largest absolute Gasteiger partial charge is 0.497 e. The van der Waals surface area contributed by atoms with E-state index in [1.54, 1.807) is 31.4 Å². The van der Waals surface area contributed by atoms with Gasteiger partial charge in [-0.25, -0.2) is 0 Å². The molecule has 26 heavy (non-hydrogen) atoms. The Labute approximate surface area is 155 Å². The molecule has 2 aliphatic rings.